The Hall–Kier alpha value is -2.34. The van der Waals surface area contributed by atoms with E-state index in [4.69, 9.17) is 11.6 Å². The average molecular weight is 360 g/mol. The SMILES string of the molecule is O=C(Nc1ccc(NCc2ccccc2Cl)nn1)NC1CCCCC1. The van der Waals surface area contributed by atoms with Crippen molar-refractivity contribution in [1.29, 1.82) is 0 Å². The van der Waals surface area contributed by atoms with Crippen LogP contribution in [0, 0.1) is 0 Å². The predicted molar refractivity (Wildman–Crippen MR) is 99.8 cm³/mol. The summed E-state index contributed by atoms with van der Waals surface area (Å²) in [6.45, 7) is 0.559. The minimum absolute atomic E-state index is 0.224. The highest BCUT2D eigenvalue weighted by atomic mass is 35.5. The summed E-state index contributed by atoms with van der Waals surface area (Å²) in [5.41, 5.74) is 0.986. The van der Waals surface area contributed by atoms with Crippen LogP contribution < -0.4 is 16.0 Å². The molecule has 0 aliphatic heterocycles. The fraction of sp³-hybridized carbons (Fsp3) is 0.389. The molecule has 7 heteroatoms. The summed E-state index contributed by atoms with van der Waals surface area (Å²) in [6.07, 6.45) is 5.70. The molecule has 3 N–H and O–H groups in total. The van der Waals surface area contributed by atoms with Crippen LogP contribution in [0.4, 0.5) is 16.4 Å². The van der Waals surface area contributed by atoms with Gasteiger partial charge in [-0.25, -0.2) is 4.79 Å². The molecule has 0 radical (unpaired) electrons. The van der Waals surface area contributed by atoms with E-state index in [1.807, 2.05) is 24.3 Å². The van der Waals surface area contributed by atoms with Crippen LogP contribution in [0.15, 0.2) is 36.4 Å². The Labute approximate surface area is 152 Å². The maximum Gasteiger partial charge on any atom is 0.320 e. The Balaban J connectivity index is 1.48. The second kappa shape index (κ2) is 8.67. The van der Waals surface area contributed by atoms with Gasteiger partial charge in [-0.05, 0) is 36.6 Å². The highest BCUT2D eigenvalue weighted by Crippen LogP contribution is 2.18. The first-order valence-electron chi connectivity index (χ1n) is 8.59. The molecule has 1 aliphatic carbocycles. The van der Waals surface area contributed by atoms with Crippen molar-refractivity contribution in [3.05, 3.63) is 47.0 Å². The first kappa shape index (κ1) is 17.5. The maximum atomic E-state index is 12.0. The van der Waals surface area contributed by atoms with Gasteiger partial charge in [-0.1, -0.05) is 49.1 Å². The van der Waals surface area contributed by atoms with E-state index < -0.39 is 0 Å². The first-order valence-corrected chi connectivity index (χ1v) is 8.97. The maximum absolute atomic E-state index is 12.0. The first-order chi connectivity index (χ1) is 12.2. The summed E-state index contributed by atoms with van der Waals surface area (Å²) in [6, 6.07) is 11.2. The van der Waals surface area contributed by atoms with Gasteiger partial charge < -0.3 is 10.6 Å². The zero-order chi connectivity index (χ0) is 17.5. The van der Waals surface area contributed by atoms with Gasteiger partial charge in [-0.15, -0.1) is 10.2 Å². The number of anilines is 2. The highest BCUT2D eigenvalue weighted by molar-refractivity contribution is 6.31. The van der Waals surface area contributed by atoms with E-state index in [-0.39, 0.29) is 12.1 Å². The molecule has 1 saturated carbocycles. The van der Waals surface area contributed by atoms with Crippen molar-refractivity contribution in [1.82, 2.24) is 15.5 Å². The molecule has 1 fully saturated rings. The van der Waals surface area contributed by atoms with Crippen molar-refractivity contribution >= 4 is 29.3 Å². The largest absolute Gasteiger partial charge is 0.364 e. The molecule has 0 bridgehead atoms. The summed E-state index contributed by atoms with van der Waals surface area (Å²) in [7, 11) is 0. The van der Waals surface area contributed by atoms with Crippen LogP contribution in [0.2, 0.25) is 5.02 Å². The molecule has 0 spiro atoms. The van der Waals surface area contributed by atoms with E-state index in [1.165, 1.54) is 19.3 Å². The molecule has 1 aromatic carbocycles. The number of carbonyl (C=O) groups is 1. The number of hydrogen-bond donors (Lipinski definition) is 3. The fourth-order valence-corrected chi connectivity index (χ4v) is 3.11. The summed E-state index contributed by atoms with van der Waals surface area (Å²) < 4.78 is 0. The number of benzene rings is 1. The molecule has 0 saturated heterocycles. The number of amides is 2. The number of nitrogens with one attached hydrogen (secondary N) is 3. The van der Waals surface area contributed by atoms with Crippen molar-refractivity contribution in [2.24, 2.45) is 0 Å². The topological polar surface area (TPSA) is 78.9 Å². The third-order valence-corrected chi connectivity index (χ3v) is 4.63. The highest BCUT2D eigenvalue weighted by Gasteiger charge is 2.15. The van der Waals surface area contributed by atoms with Gasteiger partial charge in [0, 0.05) is 17.6 Å². The smallest absolute Gasteiger partial charge is 0.320 e. The molecule has 6 nitrogen and oxygen atoms in total. The summed E-state index contributed by atoms with van der Waals surface area (Å²) in [4.78, 5) is 12.0. The van der Waals surface area contributed by atoms with Crippen molar-refractivity contribution in [2.45, 2.75) is 44.7 Å². The Morgan fingerprint density at radius 2 is 1.76 bits per heavy atom. The van der Waals surface area contributed by atoms with E-state index in [2.05, 4.69) is 26.1 Å². The average Bonchev–Trinajstić information content (AvgIpc) is 2.63. The summed E-state index contributed by atoms with van der Waals surface area (Å²) >= 11 is 6.12. The van der Waals surface area contributed by atoms with Crippen LogP contribution in [-0.4, -0.2) is 22.3 Å². The van der Waals surface area contributed by atoms with E-state index in [1.54, 1.807) is 12.1 Å². The van der Waals surface area contributed by atoms with E-state index >= 15 is 0 Å². The van der Waals surface area contributed by atoms with E-state index in [0.717, 1.165) is 18.4 Å². The van der Waals surface area contributed by atoms with Gasteiger partial charge >= 0.3 is 6.03 Å². The van der Waals surface area contributed by atoms with Crippen molar-refractivity contribution in [2.75, 3.05) is 10.6 Å². The predicted octanol–water partition coefficient (Wildman–Crippen LogP) is 4.20. The molecule has 132 valence electrons. The van der Waals surface area contributed by atoms with Crippen LogP contribution in [0.5, 0.6) is 0 Å². The standard InChI is InChI=1S/C18H22ClN5O/c19-15-9-5-4-6-13(15)12-20-16-10-11-17(24-23-16)22-18(25)21-14-7-2-1-3-8-14/h4-6,9-11,14H,1-3,7-8,12H2,(H,20,23)(H2,21,22,24,25). The molecule has 2 aromatic rings. The number of urea groups is 1. The lowest BCUT2D eigenvalue weighted by Crippen LogP contribution is -2.39. The Bertz CT molecular complexity index is 701. The van der Waals surface area contributed by atoms with Gasteiger partial charge in [0.25, 0.3) is 0 Å². The van der Waals surface area contributed by atoms with Gasteiger partial charge in [0.15, 0.2) is 5.82 Å². The van der Waals surface area contributed by atoms with Crippen LogP contribution >= 0.6 is 11.6 Å². The van der Waals surface area contributed by atoms with Gasteiger partial charge in [0.05, 0.1) is 0 Å². The number of aromatic nitrogens is 2. The third kappa shape index (κ3) is 5.32. The second-order valence-electron chi connectivity index (χ2n) is 6.18. The lowest BCUT2D eigenvalue weighted by molar-refractivity contribution is 0.244. The van der Waals surface area contributed by atoms with Gasteiger partial charge in [0.1, 0.15) is 5.82 Å². The van der Waals surface area contributed by atoms with Crippen LogP contribution in [0.1, 0.15) is 37.7 Å². The lowest BCUT2D eigenvalue weighted by Gasteiger charge is -2.22. The minimum atomic E-state index is -0.224. The quantitative estimate of drug-likeness (QED) is 0.747. The molecular weight excluding hydrogens is 338 g/mol. The molecule has 0 unspecified atom stereocenters. The molecule has 0 atom stereocenters. The van der Waals surface area contributed by atoms with Crippen LogP contribution in [0.3, 0.4) is 0 Å². The van der Waals surface area contributed by atoms with Crippen LogP contribution in [0.25, 0.3) is 0 Å². The molecule has 2 amide bonds. The molecule has 1 heterocycles. The van der Waals surface area contributed by atoms with Crippen molar-refractivity contribution < 1.29 is 4.79 Å². The molecular formula is C18H22ClN5O. The third-order valence-electron chi connectivity index (χ3n) is 4.26. The van der Waals surface area contributed by atoms with Crippen molar-refractivity contribution in [3.8, 4) is 0 Å². The van der Waals surface area contributed by atoms with Gasteiger partial charge in [-0.3, -0.25) is 5.32 Å². The number of carbonyl (C=O) groups excluding carboxylic acids is 1. The Morgan fingerprint density at radius 1 is 1.04 bits per heavy atom. The molecule has 3 rings (SSSR count). The summed E-state index contributed by atoms with van der Waals surface area (Å²) in [5, 5.41) is 17.7. The monoisotopic (exact) mass is 359 g/mol. The fourth-order valence-electron chi connectivity index (χ4n) is 2.91. The Kier molecular flexibility index (Phi) is 6.06. The Morgan fingerprint density at radius 3 is 2.48 bits per heavy atom. The number of hydrogen-bond acceptors (Lipinski definition) is 4. The second-order valence-corrected chi connectivity index (χ2v) is 6.59. The van der Waals surface area contributed by atoms with Gasteiger partial charge in [0.2, 0.25) is 0 Å². The summed E-state index contributed by atoms with van der Waals surface area (Å²) in [5.74, 6) is 1.05. The van der Waals surface area contributed by atoms with Crippen LogP contribution in [-0.2, 0) is 6.54 Å². The van der Waals surface area contributed by atoms with E-state index in [9.17, 15) is 4.79 Å². The number of halogens is 1. The zero-order valence-electron chi connectivity index (χ0n) is 14.0. The molecule has 1 aromatic heterocycles. The van der Waals surface area contributed by atoms with Gasteiger partial charge in [-0.2, -0.15) is 0 Å². The number of rotatable bonds is 5. The number of nitrogens with zero attached hydrogens (tertiary/aromatic N) is 2. The lowest BCUT2D eigenvalue weighted by atomic mass is 9.96. The molecule has 25 heavy (non-hydrogen) atoms. The van der Waals surface area contributed by atoms with E-state index in [0.29, 0.717) is 23.2 Å². The zero-order valence-corrected chi connectivity index (χ0v) is 14.7. The normalized spacial score (nSPS) is 14.8. The van der Waals surface area contributed by atoms with Crippen molar-refractivity contribution in [3.63, 3.8) is 0 Å². The minimum Gasteiger partial charge on any atom is -0.364 e. The molecule has 1 aliphatic rings.